The standard InChI is InChI=1S/C11H10F3N3O2/c1-19-9(18)4-7-10(15)17-5-6(11(12,13)14)2-3-8(17)16-7/h2-3,5H,4,15H2,1H3. The number of aromatic nitrogens is 2. The number of nitrogens with zero attached hydrogens (tertiary/aromatic N) is 2. The third-order valence-corrected chi connectivity index (χ3v) is 2.60. The Kier molecular flexibility index (Phi) is 3.09. The Morgan fingerprint density at radius 2 is 2.16 bits per heavy atom. The molecule has 2 aromatic rings. The van der Waals surface area contributed by atoms with E-state index < -0.39 is 17.7 Å². The number of nitrogen functional groups attached to an aromatic ring is 1. The van der Waals surface area contributed by atoms with Crippen LogP contribution in [0.15, 0.2) is 18.3 Å². The molecule has 0 fully saturated rings. The lowest BCUT2D eigenvalue weighted by atomic mass is 10.3. The molecule has 0 unspecified atom stereocenters. The number of halogens is 3. The second-order valence-electron chi connectivity index (χ2n) is 3.84. The molecule has 0 bridgehead atoms. The number of carbonyl (C=O) groups excluding carboxylic acids is 1. The second-order valence-corrected chi connectivity index (χ2v) is 3.84. The lowest BCUT2D eigenvalue weighted by Crippen LogP contribution is -2.08. The SMILES string of the molecule is COC(=O)Cc1nc2ccc(C(F)(F)F)cn2c1N. The molecule has 0 aliphatic carbocycles. The van der Waals surface area contributed by atoms with Crippen LogP contribution in [0.1, 0.15) is 11.3 Å². The largest absolute Gasteiger partial charge is 0.469 e. The number of carbonyl (C=O) groups is 1. The Hall–Kier alpha value is -2.25. The lowest BCUT2D eigenvalue weighted by molar-refractivity contribution is -0.140. The van der Waals surface area contributed by atoms with Gasteiger partial charge in [-0.2, -0.15) is 13.2 Å². The summed E-state index contributed by atoms with van der Waals surface area (Å²) in [6.45, 7) is 0. The first kappa shape index (κ1) is 13.2. The van der Waals surface area contributed by atoms with Crippen LogP contribution in [0.25, 0.3) is 5.65 Å². The van der Waals surface area contributed by atoms with Gasteiger partial charge in [0, 0.05) is 6.20 Å². The highest BCUT2D eigenvalue weighted by Crippen LogP contribution is 2.30. The third-order valence-electron chi connectivity index (χ3n) is 2.60. The molecule has 0 saturated carbocycles. The summed E-state index contributed by atoms with van der Waals surface area (Å²) in [5.74, 6) is -0.572. The van der Waals surface area contributed by atoms with Gasteiger partial charge in [0.15, 0.2) is 0 Å². The van der Waals surface area contributed by atoms with E-state index in [-0.39, 0.29) is 23.6 Å². The van der Waals surface area contributed by atoms with Gasteiger partial charge in [0.2, 0.25) is 0 Å². The number of anilines is 1. The van der Waals surface area contributed by atoms with Gasteiger partial charge >= 0.3 is 12.1 Å². The van der Waals surface area contributed by atoms with Crippen LogP contribution in [0.5, 0.6) is 0 Å². The molecule has 0 aliphatic rings. The molecule has 0 amide bonds. The van der Waals surface area contributed by atoms with Gasteiger partial charge in [-0.05, 0) is 12.1 Å². The van der Waals surface area contributed by atoms with Crippen LogP contribution in [0, 0.1) is 0 Å². The topological polar surface area (TPSA) is 69.6 Å². The van der Waals surface area contributed by atoms with Crippen molar-refractivity contribution in [2.45, 2.75) is 12.6 Å². The van der Waals surface area contributed by atoms with Gasteiger partial charge in [-0.25, -0.2) is 4.98 Å². The van der Waals surface area contributed by atoms with Crippen LogP contribution in [-0.4, -0.2) is 22.5 Å². The monoisotopic (exact) mass is 273 g/mol. The van der Waals surface area contributed by atoms with Gasteiger partial charge in [-0.1, -0.05) is 0 Å². The van der Waals surface area contributed by atoms with E-state index in [4.69, 9.17) is 5.73 Å². The number of hydrogen-bond acceptors (Lipinski definition) is 4. The molecule has 0 spiro atoms. The molecule has 0 aromatic carbocycles. The van der Waals surface area contributed by atoms with E-state index in [1.54, 1.807) is 0 Å². The minimum atomic E-state index is -4.46. The number of methoxy groups -OCH3 is 1. The number of fused-ring (bicyclic) bond motifs is 1. The maximum Gasteiger partial charge on any atom is 0.417 e. The molecule has 0 saturated heterocycles. The van der Waals surface area contributed by atoms with Crippen LogP contribution in [0.3, 0.4) is 0 Å². The van der Waals surface area contributed by atoms with E-state index in [1.165, 1.54) is 13.2 Å². The van der Waals surface area contributed by atoms with Gasteiger partial charge in [0.05, 0.1) is 24.8 Å². The summed E-state index contributed by atoms with van der Waals surface area (Å²) < 4.78 is 43.3. The van der Waals surface area contributed by atoms with E-state index in [1.807, 2.05) is 0 Å². The number of alkyl halides is 3. The number of imidazole rings is 1. The first-order chi connectivity index (χ1) is 8.82. The van der Waals surface area contributed by atoms with Gasteiger partial charge in [-0.15, -0.1) is 0 Å². The van der Waals surface area contributed by atoms with Crippen LogP contribution < -0.4 is 5.73 Å². The van der Waals surface area contributed by atoms with E-state index in [0.29, 0.717) is 0 Å². The van der Waals surface area contributed by atoms with Gasteiger partial charge in [0.1, 0.15) is 11.5 Å². The number of ether oxygens (including phenoxy) is 1. The molecule has 102 valence electrons. The zero-order chi connectivity index (χ0) is 14.2. The van der Waals surface area contributed by atoms with Crippen molar-refractivity contribution in [1.82, 2.24) is 9.38 Å². The molecule has 0 atom stereocenters. The van der Waals surface area contributed by atoms with Crippen molar-refractivity contribution in [2.24, 2.45) is 0 Å². The molecular weight excluding hydrogens is 263 g/mol. The van der Waals surface area contributed by atoms with Crippen LogP contribution in [0.2, 0.25) is 0 Å². The van der Waals surface area contributed by atoms with Gasteiger partial charge in [0.25, 0.3) is 0 Å². The van der Waals surface area contributed by atoms with E-state index in [2.05, 4.69) is 9.72 Å². The first-order valence-electron chi connectivity index (χ1n) is 5.23. The van der Waals surface area contributed by atoms with Crippen LogP contribution in [-0.2, 0) is 22.1 Å². The fourth-order valence-corrected chi connectivity index (χ4v) is 1.62. The molecule has 2 aromatic heterocycles. The molecule has 2 N–H and O–H groups in total. The normalized spacial score (nSPS) is 11.8. The van der Waals surface area contributed by atoms with E-state index in [9.17, 15) is 18.0 Å². The summed E-state index contributed by atoms with van der Waals surface area (Å²) in [6, 6.07) is 2.10. The number of pyridine rings is 1. The Morgan fingerprint density at radius 1 is 1.47 bits per heavy atom. The van der Waals surface area contributed by atoms with Crippen LogP contribution in [0.4, 0.5) is 19.0 Å². The fourth-order valence-electron chi connectivity index (χ4n) is 1.62. The highest BCUT2D eigenvalue weighted by atomic mass is 19.4. The zero-order valence-corrected chi connectivity index (χ0v) is 9.86. The third kappa shape index (κ3) is 2.47. The smallest absolute Gasteiger partial charge is 0.417 e. The summed E-state index contributed by atoms with van der Waals surface area (Å²) in [5.41, 5.74) is 5.27. The van der Waals surface area contributed by atoms with E-state index in [0.717, 1.165) is 16.7 Å². The Bertz CT molecular complexity index is 634. The number of rotatable bonds is 2. The summed E-state index contributed by atoms with van der Waals surface area (Å²) >= 11 is 0. The van der Waals surface area contributed by atoms with Crippen LogP contribution >= 0.6 is 0 Å². The van der Waals surface area contributed by atoms with Gasteiger partial charge in [-0.3, -0.25) is 9.20 Å². The molecule has 5 nitrogen and oxygen atoms in total. The predicted octanol–water partition coefficient (Wildman–Crippen LogP) is 1.65. The average Bonchev–Trinajstić information content (AvgIpc) is 2.65. The summed E-state index contributed by atoms with van der Waals surface area (Å²) in [4.78, 5) is 15.1. The molecule has 8 heteroatoms. The maximum atomic E-state index is 12.6. The Labute approximate surface area is 105 Å². The van der Waals surface area contributed by atoms with Crippen molar-refractivity contribution in [3.05, 3.63) is 29.6 Å². The van der Waals surface area contributed by atoms with Crippen molar-refractivity contribution < 1.29 is 22.7 Å². The predicted molar refractivity (Wildman–Crippen MR) is 60.3 cm³/mol. The number of hydrogen-bond donors (Lipinski definition) is 1. The highest BCUT2D eigenvalue weighted by molar-refractivity contribution is 5.74. The molecule has 2 heterocycles. The molecular formula is C11H10F3N3O2. The average molecular weight is 273 g/mol. The maximum absolute atomic E-state index is 12.6. The Morgan fingerprint density at radius 3 is 2.74 bits per heavy atom. The molecule has 2 rings (SSSR count). The highest BCUT2D eigenvalue weighted by Gasteiger charge is 2.31. The van der Waals surface area contributed by atoms with Crippen molar-refractivity contribution in [2.75, 3.05) is 12.8 Å². The summed E-state index contributed by atoms with van der Waals surface area (Å²) in [5, 5.41) is 0. The van der Waals surface area contributed by atoms with Crippen molar-refractivity contribution in [3.8, 4) is 0 Å². The lowest BCUT2D eigenvalue weighted by Gasteiger charge is -2.07. The minimum absolute atomic E-state index is 0.00787. The van der Waals surface area contributed by atoms with Crippen molar-refractivity contribution in [1.29, 1.82) is 0 Å². The zero-order valence-electron chi connectivity index (χ0n) is 9.86. The number of esters is 1. The molecule has 0 aliphatic heterocycles. The molecule has 0 radical (unpaired) electrons. The minimum Gasteiger partial charge on any atom is -0.469 e. The number of nitrogens with two attached hydrogens (primary N) is 1. The Balaban J connectivity index is 2.49. The molecule has 19 heavy (non-hydrogen) atoms. The summed E-state index contributed by atoms with van der Waals surface area (Å²) in [6.07, 6.45) is -3.81. The van der Waals surface area contributed by atoms with Gasteiger partial charge < -0.3 is 10.5 Å². The summed E-state index contributed by atoms with van der Waals surface area (Å²) in [7, 11) is 1.20. The first-order valence-corrected chi connectivity index (χ1v) is 5.23. The second kappa shape index (κ2) is 4.45. The fraction of sp³-hybridized carbons (Fsp3) is 0.273. The van der Waals surface area contributed by atoms with Crippen molar-refractivity contribution in [3.63, 3.8) is 0 Å². The quantitative estimate of drug-likeness (QED) is 0.845. The van der Waals surface area contributed by atoms with E-state index >= 15 is 0 Å². The van der Waals surface area contributed by atoms with Crippen molar-refractivity contribution >= 4 is 17.4 Å².